The molecule has 1 amide bonds. The minimum atomic E-state index is -0.00546. The van der Waals surface area contributed by atoms with Gasteiger partial charge in [-0.05, 0) is 27.1 Å². The van der Waals surface area contributed by atoms with Gasteiger partial charge in [-0.3, -0.25) is 4.79 Å². The van der Waals surface area contributed by atoms with Gasteiger partial charge in [0.1, 0.15) is 0 Å². The number of amides is 1. The van der Waals surface area contributed by atoms with Gasteiger partial charge in [0.2, 0.25) is 0 Å². The second-order valence-electron chi connectivity index (χ2n) is 6.20. The monoisotopic (exact) mass is 278 g/mol. The Balaban J connectivity index is 1.68. The van der Waals surface area contributed by atoms with Gasteiger partial charge in [-0.15, -0.1) is 0 Å². The predicted molar refractivity (Wildman–Crippen MR) is 74.6 cm³/mol. The quantitative estimate of drug-likeness (QED) is 0.834. The summed E-state index contributed by atoms with van der Waals surface area (Å²) in [5.41, 5.74) is 0.901. The van der Waals surface area contributed by atoms with E-state index < -0.39 is 0 Å². The van der Waals surface area contributed by atoms with Crippen LogP contribution in [0, 0.1) is 18.8 Å². The Kier molecular flexibility index (Phi) is 3.56. The summed E-state index contributed by atoms with van der Waals surface area (Å²) in [6.45, 7) is 5.20. The Hall–Kier alpha value is -1.33. The number of hydrogen-bond acceptors (Lipinski definition) is 4. The number of nitrogens with zero attached hydrogens (tertiary/aromatic N) is 2. The van der Waals surface area contributed by atoms with Crippen LogP contribution in [0.15, 0.2) is 16.7 Å². The van der Waals surface area contributed by atoms with Crippen molar-refractivity contribution in [2.24, 2.45) is 11.8 Å². The lowest BCUT2D eigenvalue weighted by Crippen LogP contribution is -2.33. The molecule has 1 aromatic rings. The molecule has 5 heteroatoms. The molecule has 0 radical (unpaired) electrons. The van der Waals surface area contributed by atoms with E-state index in [4.69, 9.17) is 9.15 Å². The third-order valence-electron chi connectivity index (χ3n) is 4.38. The Morgan fingerprint density at radius 3 is 2.90 bits per heavy atom. The van der Waals surface area contributed by atoms with E-state index in [9.17, 15) is 4.79 Å². The van der Waals surface area contributed by atoms with E-state index in [2.05, 4.69) is 19.0 Å². The Labute approximate surface area is 119 Å². The molecule has 5 nitrogen and oxygen atoms in total. The van der Waals surface area contributed by atoms with Crippen LogP contribution in [0.25, 0.3) is 0 Å². The van der Waals surface area contributed by atoms with Crippen LogP contribution in [0.1, 0.15) is 16.1 Å². The van der Waals surface area contributed by atoms with Crippen molar-refractivity contribution in [3.8, 4) is 0 Å². The van der Waals surface area contributed by atoms with Gasteiger partial charge >= 0.3 is 0 Å². The molecule has 2 aliphatic heterocycles. The Morgan fingerprint density at radius 2 is 2.25 bits per heavy atom. The van der Waals surface area contributed by atoms with Crippen molar-refractivity contribution >= 4 is 5.91 Å². The van der Waals surface area contributed by atoms with Crippen LogP contribution in [0.2, 0.25) is 0 Å². The lowest BCUT2D eigenvalue weighted by atomic mass is 9.93. The highest BCUT2D eigenvalue weighted by molar-refractivity contribution is 5.93. The van der Waals surface area contributed by atoms with Gasteiger partial charge in [-0.1, -0.05) is 0 Å². The van der Waals surface area contributed by atoms with Crippen LogP contribution in [0.5, 0.6) is 0 Å². The standard InChI is InChI=1S/C15H22N2O3/c1-10-4-5-19-14(10)15(18)17-7-12-11(6-16(2)3)9-20-13(12)8-17/h4-5,11-13H,6-9H2,1-3H3/t11-,12-,13-/m1/s1. The maximum atomic E-state index is 12.5. The molecule has 0 bridgehead atoms. The molecule has 2 aliphatic rings. The molecule has 0 N–H and O–H groups in total. The maximum Gasteiger partial charge on any atom is 0.289 e. The first kappa shape index (κ1) is 13.6. The zero-order valence-electron chi connectivity index (χ0n) is 12.3. The van der Waals surface area contributed by atoms with E-state index in [0.717, 1.165) is 25.3 Å². The Bertz CT molecular complexity index is 497. The van der Waals surface area contributed by atoms with Crippen LogP contribution < -0.4 is 0 Å². The highest BCUT2D eigenvalue weighted by Crippen LogP contribution is 2.34. The molecular formula is C15H22N2O3. The second-order valence-corrected chi connectivity index (χ2v) is 6.20. The summed E-state index contributed by atoms with van der Waals surface area (Å²) in [7, 11) is 4.16. The van der Waals surface area contributed by atoms with Gasteiger partial charge in [-0.2, -0.15) is 0 Å². The zero-order chi connectivity index (χ0) is 14.3. The first-order valence-electron chi connectivity index (χ1n) is 7.16. The number of carbonyl (C=O) groups is 1. The average Bonchev–Trinajstić information content (AvgIpc) is 3.05. The smallest absolute Gasteiger partial charge is 0.289 e. The molecule has 3 rings (SSSR count). The first-order valence-corrected chi connectivity index (χ1v) is 7.16. The number of furan rings is 1. The molecule has 1 aromatic heterocycles. The first-order chi connectivity index (χ1) is 9.56. The van der Waals surface area contributed by atoms with Gasteiger partial charge in [0.25, 0.3) is 5.91 Å². The predicted octanol–water partition coefficient (Wildman–Crippen LogP) is 1.24. The number of hydrogen-bond donors (Lipinski definition) is 0. The summed E-state index contributed by atoms with van der Waals surface area (Å²) in [6, 6.07) is 1.83. The number of fused-ring (bicyclic) bond motifs is 1. The van der Waals surface area contributed by atoms with Crippen molar-refractivity contribution in [3.63, 3.8) is 0 Å². The summed E-state index contributed by atoms with van der Waals surface area (Å²) in [4.78, 5) is 16.5. The van der Waals surface area contributed by atoms with Gasteiger partial charge in [0, 0.05) is 37.0 Å². The number of likely N-dealkylation sites (tertiary alicyclic amines) is 1. The van der Waals surface area contributed by atoms with E-state index in [1.54, 1.807) is 6.26 Å². The lowest BCUT2D eigenvalue weighted by Gasteiger charge is -2.21. The number of aryl methyl sites for hydroxylation is 1. The fraction of sp³-hybridized carbons (Fsp3) is 0.667. The molecule has 20 heavy (non-hydrogen) atoms. The SMILES string of the molecule is Cc1ccoc1C(=O)N1C[C@@H]2[C@H](CN(C)C)CO[C@@H]2C1. The molecule has 2 fully saturated rings. The summed E-state index contributed by atoms with van der Waals surface area (Å²) >= 11 is 0. The molecule has 0 aromatic carbocycles. The third-order valence-corrected chi connectivity index (χ3v) is 4.38. The minimum Gasteiger partial charge on any atom is -0.459 e. The maximum absolute atomic E-state index is 12.5. The van der Waals surface area contributed by atoms with Crippen LogP contribution in [0.4, 0.5) is 0 Å². The zero-order valence-corrected chi connectivity index (χ0v) is 12.3. The molecule has 0 saturated carbocycles. The van der Waals surface area contributed by atoms with Crippen LogP contribution in [-0.2, 0) is 4.74 Å². The van der Waals surface area contributed by atoms with Crippen molar-refractivity contribution in [3.05, 3.63) is 23.7 Å². The highest BCUT2D eigenvalue weighted by atomic mass is 16.5. The molecule has 110 valence electrons. The summed E-state index contributed by atoms with van der Waals surface area (Å²) in [5, 5.41) is 0. The van der Waals surface area contributed by atoms with Crippen LogP contribution in [-0.4, -0.2) is 62.1 Å². The topological polar surface area (TPSA) is 45.9 Å². The largest absolute Gasteiger partial charge is 0.459 e. The summed E-state index contributed by atoms with van der Waals surface area (Å²) < 4.78 is 11.2. The molecule has 2 saturated heterocycles. The summed E-state index contributed by atoms with van der Waals surface area (Å²) in [5.74, 6) is 1.44. The fourth-order valence-electron chi connectivity index (χ4n) is 3.36. The normalized spacial score (nSPS) is 29.2. The molecule has 0 unspecified atom stereocenters. The number of ether oxygens (including phenoxy) is 1. The van der Waals surface area contributed by atoms with Gasteiger partial charge in [-0.25, -0.2) is 0 Å². The van der Waals surface area contributed by atoms with E-state index in [0.29, 0.717) is 24.1 Å². The van der Waals surface area contributed by atoms with Gasteiger partial charge < -0.3 is 19.0 Å². The van der Waals surface area contributed by atoms with Gasteiger partial charge in [0.05, 0.1) is 19.0 Å². The van der Waals surface area contributed by atoms with Crippen LogP contribution in [0.3, 0.4) is 0 Å². The van der Waals surface area contributed by atoms with Crippen molar-refractivity contribution in [2.45, 2.75) is 13.0 Å². The molecule has 3 atom stereocenters. The average molecular weight is 278 g/mol. The lowest BCUT2D eigenvalue weighted by molar-refractivity contribution is 0.0644. The minimum absolute atomic E-state index is 0.00546. The molecule has 3 heterocycles. The molecule has 0 spiro atoms. The van der Waals surface area contributed by atoms with E-state index in [-0.39, 0.29) is 12.0 Å². The van der Waals surface area contributed by atoms with Crippen molar-refractivity contribution in [1.29, 1.82) is 0 Å². The second kappa shape index (κ2) is 5.22. The molecular weight excluding hydrogens is 256 g/mol. The van der Waals surface area contributed by atoms with Crippen molar-refractivity contribution < 1.29 is 13.9 Å². The van der Waals surface area contributed by atoms with E-state index in [1.165, 1.54) is 0 Å². The molecule has 0 aliphatic carbocycles. The number of carbonyl (C=O) groups excluding carboxylic acids is 1. The van der Waals surface area contributed by atoms with Crippen molar-refractivity contribution in [2.75, 3.05) is 40.3 Å². The number of rotatable bonds is 3. The van der Waals surface area contributed by atoms with E-state index in [1.807, 2.05) is 17.9 Å². The van der Waals surface area contributed by atoms with Crippen LogP contribution >= 0.6 is 0 Å². The van der Waals surface area contributed by atoms with E-state index >= 15 is 0 Å². The summed E-state index contributed by atoms with van der Waals surface area (Å²) in [6.07, 6.45) is 1.77. The Morgan fingerprint density at radius 1 is 1.45 bits per heavy atom. The fourth-order valence-corrected chi connectivity index (χ4v) is 3.36. The van der Waals surface area contributed by atoms with Crippen molar-refractivity contribution in [1.82, 2.24) is 9.80 Å². The van der Waals surface area contributed by atoms with Gasteiger partial charge in [0.15, 0.2) is 5.76 Å². The third kappa shape index (κ3) is 2.36. The highest BCUT2D eigenvalue weighted by Gasteiger charge is 2.45.